The predicted molar refractivity (Wildman–Crippen MR) is 126 cm³/mol. The van der Waals surface area contributed by atoms with Gasteiger partial charge in [-0.3, -0.25) is 15.0 Å². The van der Waals surface area contributed by atoms with Crippen molar-refractivity contribution in [3.05, 3.63) is 106 Å². The minimum atomic E-state index is -0.378. The lowest BCUT2D eigenvalue weighted by Gasteiger charge is -2.38. The van der Waals surface area contributed by atoms with E-state index in [2.05, 4.69) is 41.3 Å². The van der Waals surface area contributed by atoms with Crippen molar-refractivity contribution in [1.29, 1.82) is 0 Å². The van der Waals surface area contributed by atoms with Gasteiger partial charge in [-0.2, -0.15) is 0 Å². The summed E-state index contributed by atoms with van der Waals surface area (Å²) in [6.45, 7) is 0.793. The largest absolute Gasteiger partial charge is 0.497 e. The summed E-state index contributed by atoms with van der Waals surface area (Å²) in [5.41, 5.74) is 3.48. The molecule has 0 spiro atoms. The van der Waals surface area contributed by atoms with Crippen LogP contribution in [0.5, 0.6) is 5.75 Å². The Labute approximate surface area is 193 Å². The van der Waals surface area contributed by atoms with Gasteiger partial charge in [0.05, 0.1) is 18.1 Å². The zero-order chi connectivity index (χ0) is 22.9. The van der Waals surface area contributed by atoms with E-state index in [1.165, 1.54) is 11.1 Å². The molecule has 3 aromatic rings. The van der Waals surface area contributed by atoms with E-state index in [-0.39, 0.29) is 40.6 Å². The molecule has 6 nitrogen and oxygen atoms in total. The maximum Gasteiger partial charge on any atom is 0.269 e. The highest BCUT2D eigenvalue weighted by Gasteiger charge is 2.53. The Hall–Kier alpha value is -3.22. The fourth-order valence-electron chi connectivity index (χ4n) is 5.91. The van der Waals surface area contributed by atoms with Crippen molar-refractivity contribution in [1.82, 2.24) is 4.90 Å². The number of aliphatic hydroxyl groups is 1. The van der Waals surface area contributed by atoms with Gasteiger partial charge in [-0.25, -0.2) is 0 Å². The maximum absolute atomic E-state index is 11.5. The predicted octanol–water partition coefficient (Wildman–Crippen LogP) is 4.88. The summed E-state index contributed by atoms with van der Waals surface area (Å²) in [6.07, 6.45) is 0.964. The molecule has 2 aliphatic rings. The number of benzene rings is 3. The molecule has 6 heteroatoms. The van der Waals surface area contributed by atoms with Crippen molar-refractivity contribution in [3.8, 4) is 5.75 Å². The molecule has 2 bridgehead atoms. The van der Waals surface area contributed by atoms with Crippen LogP contribution in [0.2, 0.25) is 0 Å². The Morgan fingerprint density at radius 2 is 1.61 bits per heavy atom. The Balaban J connectivity index is 1.61. The molecule has 2 fully saturated rings. The van der Waals surface area contributed by atoms with Crippen molar-refractivity contribution >= 4 is 5.69 Å². The van der Waals surface area contributed by atoms with Crippen molar-refractivity contribution in [2.24, 2.45) is 0 Å². The molecular weight excluding hydrogens is 416 g/mol. The molecule has 1 N–H and O–H groups in total. The first-order chi connectivity index (χ1) is 16.0. The van der Waals surface area contributed by atoms with Crippen LogP contribution in [-0.4, -0.2) is 40.2 Å². The molecule has 2 aliphatic heterocycles. The van der Waals surface area contributed by atoms with Crippen molar-refractivity contribution in [2.45, 2.75) is 49.4 Å². The number of nitro groups is 1. The van der Waals surface area contributed by atoms with E-state index >= 15 is 0 Å². The van der Waals surface area contributed by atoms with Crippen molar-refractivity contribution < 1.29 is 14.8 Å². The summed E-state index contributed by atoms with van der Waals surface area (Å²) in [7, 11) is 1.65. The number of hydrogen-bond acceptors (Lipinski definition) is 5. The van der Waals surface area contributed by atoms with Gasteiger partial charge in [-0.1, -0.05) is 54.6 Å². The van der Waals surface area contributed by atoms with E-state index in [1.54, 1.807) is 25.3 Å². The fourth-order valence-corrected chi connectivity index (χ4v) is 5.91. The molecule has 2 heterocycles. The molecular formula is C27H28N2O4. The van der Waals surface area contributed by atoms with Gasteiger partial charge in [0, 0.05) is 42.6 Å². The Kier molecular flexibility index (Phi) is 5.87. The fraction of sp³-hybridized carbons (Fsp3) is 0.333. The molecule has 0 unspecified atom stereocenters. The SMILES string of the molecule is COc1ccc([C@H]2[C@@H](c3cccc([N+](=O)[O-])c3)[C@@H]3C[C@@H](O)C[C@H]2N3Cc2ccccc2)cc1. The van der Waals surface area contributed by atoms with Crippen molar-refractivity contribution in [2.75, 3.05) is 7.11 Å². The normalized spacial score (nSPS) is 26.8. The van der Waals surface area contributed by atoms with Gasteiger partial charge in [0.15, 0.2) is 0 Å². The van der Waals surface area contributed by atoms with Crippen LogP contribution in [0.15, 0.2) is 78.9 Å². The average Bonchev–Trinajstić information content (AvgIpc) is 3.02. The second-order valence-electron chi connectivity index (χ2n) is 9.09. The van der Waals surface area contributed by atoms with E-state index in [9.17, 15) is 15.2 Å². The molecule has 0 aromatic heterocycles. The minimum absolute atomic E-state index is 0.0455. The second-order valence-corrected chi connectivity index (χ2v) is 9.09. The quantitative estimate of drug-likeness (QED) is 0.433. The molecule has 0 radical (unpaired) electrons. The Morgan fingerprint density at radius 1 is 0.939 bits per heavy atom. The van der Waals surface area contributed by atoms with E-state index in [4.69, 9.17) is 4.74 Å². The second kappa shape index (κ2) is 8.96. The lowest BCUT2D eigenvalue weighted by Crippen LogP contribution is -2.45. The molecule has 33 heavy (non-hydrogen) atoms. The summed E-state index contributed by atoms with van der Waals surface area (Å²) in [6, 6.07) is 25.8. The number of fused-ring (bicyclic) bond motifs is 2. The average molecular weight is 445 g/mol. The number of hydrogen-bond donors (Lipinski definition) is 1. The van der Waals surface area contributed by atoms with Gasteiger partial charge in [0.25, 0.3) is 5.69 Å². The number of nitro benzene ring substituents is 1. The van der Waals surface area contributed by atoms with Crippen LogP contribution < -0.4 is 4.74 Å². The molecule has 2 saturated heterocycles. The standard InChI is InChI=1S/C27H28N2O4/c1-33-23-12-10-19(11-13-23)26-24-15-22(30)16-25(28(24)17-18-6-3-2-4-7-18)27(26)20-8-5-9-21(14-20)29(31)32/h2-14,22,24-27,30H,15-17H2,1H3/t22-,24+,25-,26+,27-/m0/s1. The number of nitrogens with zero attached hydrogens (tertiary/aromatic N) is 2. The number of piperidine rings is 1. The summed E-state index contributed by atoms with van der Waals surface area (Å²) in [5.74, 6) is 0.959. The van der Waals surface area contributed by atoms with Gasteiger partial charge in [0.2, 0.25) is 0 Å². The van der Waals surface area contributed by atoms with Gasteiger partial charge in [-0.15, -0.1) is 0 Å². The molecule has 5 rings (SSSR count). The van der Waals surface area contributed by atoms with Crippen LogP contribution in [0.3, 0.4) is 0 Å². The van der Waals surface area contributed by atoms with Gasteiger partial charge in [0.1, 0.15) is 5.75 Å². The first-order valence-electron chi connectivity index (χ1n) is 11.4. The highest BCUT2D eigenvalue weighted by atomic mass is 16.6. The van der Waals surface area contributed by atoms with Crippen LogP contribution in [0, 0.1) is 10.1 Å². The van der Waals surface area contributed by atoms with Crippen LogP contribution in [0.1, 0.15) is 41.4 Å². The summed E-state index contributed by atoms with van der Waals surface area (Å²) >= 11 is 0. The topological polar surface area (TPSA) is 75.8 Å². The Morgan fingerprint density at radius 3 is 2.24 bits per heavy atom. The lowest BCUT2D eigenvalue weighted by atomic mass is 9.78. The third-order valence-corrected chi connectivity index (χ3v) is 7.27. The first-order valence-corrected chi connectivity index (χ1v) is 11.4. The third kappa shape index (κ3) is 4.12. The van der Waals surface area contributed by atoms with Crippen LogP contribution in [-0.2, 0) is 6.54 Å². The number of rotatable bonds is 6. The van der Waals surface area contributed by atoms with Crippen LogP contribution in [0.25, 0.3) is 0 Å². The molecule has 3 aromatic carbocycles. The monoisotopic (exact) mass is 444 g/mol. The number of methoxy groups -OCH3 is 1. The first kappa shape index (κ1) is 21.6. The molecule has 0 aliphatic carbocycles. The molecule has 0 saturated carbocycles. The van der Waals surface area contributed by atoms with E-state index in [1.807, 2.05) is 24.3 Å². The number of non-ortho nitro benzene ring substituents is 1. The van der Waals surface area contributed by atoms with Crippen molar-refractivity contribution in [3.63, 3.8) is 0 Å². The summed E-state index contributed by atoms with van der Waals surface area (Å²) < 4.78 is 5.36. The number of ether oxygens (including phenoxy) is 1. The minimum Gasteiger partial charge on any atom is -0.497 e. The van der Waals surface area contributed by atoms with Crippen LogP contribution >= 0.6 is 0 Å². The highest BCUT2D eigenvalue weighted by molar-refractivity contribution is 5.43. The van der Waals surface area contributed by atoms with E-state index in [0.717, 1.165) is 17.9 Å². The smallest absolute Gasteiger partial charge is 0.269 e. The summed E-state index contributed by atoms with van der Waals surface area (Å²) in [4.78, 5) is 13.7. The molecule has 5 atom stereocenters. The van der Waals surface area contributed by atoms with E-state index in [0.29, 0.717) is 12.8 Å². The van der Waals surface area contributed by atoms with Gasteiger partial charge in [-0.05, 0) is 41.7 Å². The zero-order valence-corrected chi connectivity index (χ0v) is 18.6. The highest BCUT2D eigenvalue weighted by Crippen LogP contribution is 2.54. The third-order valence-electron chi connectivity index (χ3n) is 7.27. The number of aliphatic hydroxyl groups excluding tert-OH is 1. The molecule has 170 valence electrons. The van der Waals surface area contributed by atoms with Gasteiger partial charge >= 0.3 is 0 Å². The van der Waals surface area contributed by atoms with E-state index < -0.39 is 0 Å². The lowest BCUT2D eigenvalue weighted by molar-refractivity contribution is -0.384. The Bertz CT molecular complexity index is 1120. The maximum atomic E-state index is 11.5. The van der Waals surface area contributed by atoms with Crippen LogP contribution in [0.4, 0.5) is 5.69 Å². The van der Waals surface area contributed by atoms with Gasteiger partial charge < -0.3 is 9.84 Å². The zero-order valence-electron chi connectivity index (χ0n) is 18.6. The summed E-state index contributed by atoms with van der Waals surface area (Å²) in [5, 5.41) is 22.3. The molecule has 0 amide bonds.